The number of aromatic nitrogens is 2. The number of nitrogens with zero attached hydrogens (tertiary/aromatic N) is 2. The van der Waals surface area contributed by atoms with E-state index in [2.05, 4.69) is 10.4 Å². The molecule has 0 spiro atoms. The van der Waals surface area contributed by atoms with Gasteiger partial charge in [0.05, 0.1) is 0 Å². The molecule has 0 aliphatic heterocycles. The van der Waals surface area contributed by atoms with Crippen molar-refractivity contribution in [1.82, 2.24) is 15.1 Å². The topological polar surface area (TPSA) is 65.4 Å². The molecule has 0 aliphatic carbocycles. The van der Waals surface area contributed by atoms with Crippen molar-refractivity contribution in [3.05, 3.63) is 46.7 Å². The monoisotopic (exact) mass is 351 g/mol. The van der Waals surface area contributed by atoms with E-state index in [0.29, 0.717) is 36.2 Å². The van der Waals surface area contributed by atoms with Crippen LogP contribution in [0, 0.1) is 6.92 Å². The third-order valence-corrected chi connectivity index (χ3v) is 3.75. The molecular weight excluding hydrogens is 330 g/mol. The summed E-state index contributed by atoms with van der Waals surface area (Å²) in [7, 11) is 0. The second-order valence-corrected chi connectivity index (χ2v) is 5.64. The minimum absolute atomic E-state index is 0.201. The molecule has 7 heteroatoms. The molecule has 24 heavy (non-hydrogen) atoms. The Bertz CT molecular complexity index is 673. The lowest BCUT2D eigenvalue weighted by Gasteiger charge is -2.07. The van der Waals surface area contributed by atoms with Crippen molar-refractivity contribution in [2.24, 2.45) is 0 Å². The lowest BCUT2D eigenvalue weighted by molar-refractivity contribution is 0.0937. The van der Waals surface area contributed by atoms with Gasteiger partial charge in [-0.1, -0.05) is 11.6 Å². The Morgan fingerprint density at radius 1 is 1.38 bits per heavy atom. The summed E-state index contributed by atoms with van der Waals surface area (Å²) in [5.74, 6) is 0.502. The molecule has 0 aliphatic rings. The number of aryl methyl sites for hydroxylation is 1. The number of halogens is 1. The SMILES string of the molecule is CCOCCCNC(=O)c1ccn(COc2ccc(Cl)c(C)c2)n1. The van der Waals surface area contributed by atoms with Crippen molar-refractivity contribution in [2.75, 3.05) is 19.8 Å². The van der Waals surface area contributed by atoms with Gasteiger partial charge in [0, 0.05) is 31.0 Å². The first kappa shape index (κ1) is 18.3. The second-order valence-electron chi connectivity index (χ2n) is 5.23. The number of nitrogens with one attached hydrogen (secondary N) is 1. The summed E-state index contributed by atoms with van der Waals surface area (Å²) < 4.78 is 12.4. The fourth-order valence-corrected chi connectivity index (χ4v) is 2.13. The maximum absolute atomic E-state index is 12.0. The number of hydrogen-bond acceptors (Lipinski definition) is 4. The zero-order valence-corrected chi connectivity index (χ0v) is 14.7. The minimum atomic E-state index is -0.201. The van der Waals surface area contributed by atoms with Crippen LogP contribution in [0.4, 0.5) is 0 Å². The number of hydrogen-bond donors (Lipinski definition) is 1. The molecule has 1 heterocycles. The Balaban J connectivity index is 1.79. The zero-order valence-electron chi connectivity index (χ0n) is 13.9. The van der Waals surface area contributed by atoms with Gasteiger partial charge in [0.15, 0.2) is 6.73 Å². The second kappa shape index (κ2) is 9.30. The van der Waals surface area contributed by atoms with Crippen LogP contribution in [0.25, 0.3) is 0 Å². The van der Waals surface area contributed by atoms with Crippen molar-refractivity contribution in [3.8, 4) is 5.75 Å². The normalized spacial score (nSPS) is 10.6. The van der Waals surface area contributed by atoms with Crippen LogP contribution in [0.1, 0.15) is 29.4 Å². The van der Waals surface area contributed by atoms with Crippen molar-refractivity contribution < 1.29 is 14.3 Å². The van der Waals surface area contributed by atoms with Gasteiger partial charge >= 0.3 is 0 Å². The Labute approximate surface area is 146 Å². The van der Waals surface area contributed by atoms with Crippen LogP contribution in [0.3, 0.4) is 0 Å². The van der Waals surface area contributed by atoms with Crippen LogP contribution in [-0.2, 0) is 11.5 Å². The number of rotatable bonds is 9. The summed E-state index contributed by atoms with van der Waals surface area (Å²) in [6, 6.07) is 7.10. The molecule has 1 aromatic heterocycles. The zero-order chi connectivity index (χ0) is 17.4. The van der Waals surface area contributed by atoms with E-state index in [1.165, 1.54) is 0 Å². The highest BCUT2D eigenvalue weighted by Gasteiger charge is 2.09. The molecule has 0 unspecified atom stereocenters. The molecule has 0 saturated carbocycles. The Hall–Kier alpha value is -2.05. The molecular formula is C17H22ClN3O3. The minimum Gasteiger partial charge on any atom is -0.471 e. The molecule has 1 aromatic carbocycles. The molecule has 2 aromatic rings. The molecule has 0 bridgehead atoms. The van der Waals surface area contributed by atoms with E-state index in [9.17, 15) is 4.79 Å². The molecule has 0 radical (unpaired) electrons. The van der Waals surface area contributed by atoms with E-state index in [1.807, 2.05) is 19.9 Å². The van der Waals surface area contributed by atoms with Gasteiger partial charge in [0.2, 0.25) is 0 Å². The summed E-state index contributed by atoms with van der Waals surface area (Å²) in [5.41, 5.74) is 1.31. The fourth-order valence-electron chi connectivity index (χ4n) is 2.01. The largest absolute Gasteiger partial charge is 0.471 e. The molecule has 0 saturated heterocycles. The Morgan fingerprint density at radius 2 is 2.21 bits per heavy atom. The fraction of sp³-hybridized carbons (Fsp3) is 0.412. The van der Waals surface area contributed by atoms with Gasteiger partial charge in [-0.15, -0.1) is 0 Å². The highest BCUT2D eigenvalue weighted by Crippen LogP contribution is 2.21. The summed E-state index contributed by atoms with van der Waals surface area (Å²) >= 11 is 5.98. The van der Waals surface area contributed by atoms with E-state index in [4.69, 9.17) is 21.1 Å². The molecule has 2 rings (SSSR count). The Morgan fingerprint density at radius 3 is 2.96 bits per heavy atom. The van der Waals surface area contributed by atoms with E-state index in [-0.39, 0.29) is 12.6 Å². The first-order chi connectivity index (χ1) is 11.6. The van der Waals surface area contributed by atoms with Gasteiger partial charge < -0.3 is 14.8 Å². The molecule has 0 atom stereocenters. The average molecular weight is 352 g/mol. The number of carbonyl (C=O) groups excluding carboxylic acids is 1. The van der Waals surface area contributed by atoms with Crippen molar-refractivity contribution in [1.29, 1.82) is 0 Å². The van der Waals surface area contributed by atoms with E-state index in [0.717, 1.165) is 12.0 Å². The highest BCUT2D eigenvalue weighted by molar-refractivity contribution is 6.31. The van der Waals surface area contributed by atoms with Crippen LogP contribution in [0.15, 0.2) is 30.5 Å². The average Bonchev–Trinajstić information content (AvgIpc) is 3.05. The molecule has 6 nitrogen and oxygen atoms in total. The molecule has 1 N–H and O–H groups in total. The van der Waals surface area contributed by atoms with Gasteiger partial charge in [0.25, 0.3) is 5.91 Å². The van der Waals surface area contributed by atoms with Gasteiger partial charge in [-0.2, -0.15) is 5.10 Å². The van der Waals surface area contributed by atoms with Gasteiger partial charge in [0.1, 0.15) is 11.4 Å². The van der Waals surface area contributed by atoms with Crippen LogP contribution in [0.2, 0.25) is 5.02 Å². The van der Waals surface area contributed by atoms with Gasteiger partial charge in [-0.05, 0) is 50.1 Å². The quantitative estimate of drug-likeness (QED) is 0.705. The summed E-state index contributed by atoms with van der Waals surface area (Å²) in [6.45, 7) is 5.96. The predicted octanol–water partition coefficient (Wildman–Crippen LogP) is 3.04. The van der Waals surface area contributed by atoms with Crippen LogP contribution < -0.4 is 10.1 Å². The number of ether oxygens (including phenoxy) is 2. The van der Waals surface area contributed by atoms with Crippen molar-refractivity contribution in [3.63, 3.8) is 0 Å². The number of benzene rings is 1. The lowest BCUT2D eigenvalue weighted by atomic mass is 10.2. The Kier molecular flexibility index (Phi) is 7.08. The molecule has 1 amide bonds. The van der Waals surface area contributed by atoms with E-state index in [1.54, 1.807) is 29.1 Å². The standard InChI is InChI=1S/C17H22ClN3O3/c1-3-23-10-4-8-19-17(22)16-7-9-21(20-16)12-24-14-5-6-15(18)13(2)11-14/h5-7,9,11H,3-4,8,10,12H2,1-2H3,(H,19,22). The third kappa shape index (κ3) is 5.54. The van der Waals surface area contributed by atoms with Gasteiger partial charge in [-0.25, -0.2) is 4.68 Å². The first-order valence-electron chi connectivity index (χ1n) is 7.88. The first-order valence-corrected chi connectivity index (χ1v) is 8.26. The predicted molar refractivity (Wildman–Crippen MR) is 92.5 cm³/mol. The van der Waals surface area contributed by atoms with Crippen molar-refractivity contribution in [2.45, 2.75) is 27.0 Å². The number of amides is 1. The maximum Gasteiger partial charge on any atom is 0.271 e. The van der Waals surface area contributed by atoms with Crippen LogP contribution in [-0.4, -0.2) is 35.4 Å². The maximum atomic E-state index is 12.0. The van der Waals surface area contributed by atoms with Crippen LogP contribution in [0.5, 0.6) is 5.75 Å². The summed E-state index contributed by atoms with van der Waals surface area (Å²) in [4.78, 5) is 12.0. The van der Waals surface area contributed by atoms with E-state index >= 15 is 0 Å². The molecule has 0 fully saturated rings. The van der Waals surface area contributed by atoms with E-state index < -0.39 is 0 Å². The van der Waals surface area contributed by atoms with Crippen LogP contribution >= 0.6 is 11.6 Å². The van der Waals surface area contributed by atoms with Crippen molar-refractivity contribution >= 4 is 17.5 Å². The lowest BCUT2D eigenvalue weighted by Crippen LogP contribution is -2.26. The molecule has 130 valence electrons. The summed E-state index contributed by atoms with van der Waals surface area (Å²) in [6.07, 6.45) is 2.48. The smallest absolute Gasteiger partial charge is 0.271 e. The number of carbonyl (C=O) groups is 1. The summed E-state index contributed by atoms with van der Waals surface area (Å²) in [5, 5.41) is 7.71. The third-order valence-electron chi connectivity index (χ3n) is 3.32. The van der Waals surface area contributed by atoms with Gasteiger partial charge in [-0.3, -0.25) is 4.79 Å². The highest BCUT2D eigenvalue weighted by atomic mass is 35.5.